The molecule has 1 atom stereocenters. The number of anilines is 3. The first kappa shape index (κ1) is 15.7. The highest BCUT2D eigenvalue weighted by Gasteiger charge is 2.18. The summed E-state index contributed by atoms with van der Waals surface area (Å²) >= 11 is 0. The van der Waals surface area contributed by atoms with Gasteiger partial charge in [-0.05, 0) is 19.1 Å². The zero-order valence-corrected chi connectivity index (χ0v) is 12.8. The number of carbonyl (C=O) groups is 1. The Morgan fingerprint density at radius 3 is 2.45 bits per heavy atom. The number of nitrogens with zero attached hydrogens (tertiary/aromatic N) is 3. The number of nitrogen functional groups attached to an aromatic ring is 1. The van der Waals surface area contributed by atoms with Crippen molar-refractivity contribution in [1.82, 2.24) is 15.0 Å². The van der Waals surface area contributed by atoms with Crippen molar-refractivity contribution in [3.8, 4) is 0 Å². The maximum absolute atomic E-state index is 11.6. The molecule has 0 saturated heterocycles. The molecule has 0 aliphatic heterocycles. The average molecular weight is 301 g/mol. The predicted molar refractivity (Wildman–Crippen MR) is 83.3 cm³/mol. The molecule has 0 saturated carbocycles. The van der Waals surface area contributed by atoms with Gasteiger partial charge in [-0.3, -0.25) is 4.79 Å². The highest BCUT2D eigenvalue weighted by molar-refractivity contribution is 5.71. The third kappa shape index (κ3) is 4.15. The van der Waals surface area contributed by atoms with Gasteiger partial charge < -0.3 is 15.8 Å². The molecule has 22 heavy (non-hydrogen) atoms. The summed E-state index contributed by atoms with van der Waals surface area (Å²) in [5.74, 6) is 0.143. The Balaban J connectivity index is 2.17. The molecule has 0 bridgehead atoms. The molecule has 0 fully saturated rings. The first-order chi connectivity index (χ1) is 10.5. The third-order valence-corrected chi connectivity index (χ3v) is 2.83. The second kappa shape index (κ2) is 6.84. The Labute approximate surface area is 129 Å². The van der Waals surface area contributed by atoms with E-state index in [1.54, 1.807) is 20.8 Å². The fourth-order valence-electron chi connectivity index (χ4n) is 1.66. The van der Waals surface area contributed by atoms with E-state index in [1.165, 1.54) is 0 Å². The summed E-state index contributed by atoms with van der Waals surface area (Å²) in [4.78, 5) is 24.0. The van der Waals surface area contributed by atoms with Gasteiger partial charge in [0.1, 0.15) is 0 Å². The molecule has 1 aromatic heterocycles. The van der Waals surface area contributed by atoms with Crippen LogP contribution in [0.25, 0.3) is 0 Å². The van der Waals surface area contributed by atoms with E-state index in [0.717, 1.165) is 5.69 Å². The van der Waals surface area contributed by atoms with E-state index < -0.39 is 6.10 Å². The van der Waals surface area contributed by atoms with Crippen LogP contribution >= 0.6 is 0 Å². The molecule has 2 aromatic rings. The number of benzene rings is 1. The Kier molecular flexibility index (Phi) is 4.88. The van der Waals surface area contributed by atoms with Crippen LogP contribution in [0.5, 0.6) is 0 Å². The third-order valence-electron chi connectivity index (χ3n) is 2.83. The lowest BCUT2D eigenvalue weighted by Gasteiger charge is -2.14. The average Bonchev–Trinajstić information content (AvgIpc) is 2.47. The van der Waals surface area contributed by atoms with Gasteiger partial charge in [0.2, 0.25) is 11.9 Å². The molecule has 1 heterocycles. The minimum Gasteiger partial charge on any atom is -0.454 e. The SMILES string of the molecule is CC(C)C(=O)O[C@@H](C)c1nc(N)nc(Nc2ccccc2)n1. The van der Waals surface area contributed by atoms with Gasteiger partial charge in [0.05, 0.1) is 5.92 Å². The summed E-state index contributed by atoms with van der Waals surface area (Å²) in [6.45, 7) is 5.22. The van der Waals surface area contributed by atoms with Crippen LogP contribution in [0.15, 0.2) is 30.3 Å². The van der Waals surface area contributed by atoms with E-state index in [9.17, 15) is 4.79 Å². The smallest absolute Gasteiger partial charge is 0.309 e. The fraction of sp³-hybridized carbons (Fsp3) is 0.333. The summed E-state index contributed by atoms with van der Waals surface area (Å²) in [5, 5.41) is 3.03. The van der Waals surface area contributed by atoms with Crippen LogP contribution in [0.1, 0.15) is 32.7 Å². The quantitative estimate of drug-likeness (QED) is 0.817. The van der Waals surface area contributed by atoms with Crippen LogP contribution in [0.4, 0.5) is 17.6 Å². The van der Waals surface area contributed by atoms with Crippen molar-refractivity contribution in [2.45, 2.75) is 26.9 Å². The van der Waals surface area contributed by atoms with E-state index in [-0.39, 0.29) is 17.8 Å². The van der Waals surface area contributed by atoms with Gasteiger partial charge in [-0.15, -0.1) is 0 Å². The molecule has 7 heteroatoms. The van der Waals surface area contributed by atoms with Gasteiger partial charge in [-0.2, -0.15) is 15.0 Å². The van der Waals surface area contributed by atoms with Crippen LogP contribution in [-0.4, -0.2) is 20.9 Å². The Bertz CT molecular complexity index is 646. The van der Waals surface area contributed by atoms with E-state index >= 15 is 0 Å². The van der Waals surface area contributed by atoms with Crippen LogP contribution in [0.3, 0.4) is 0 Å². The lowest BCUT2D eigenvalue weighted by molar-refractivity contribution is -0.152. The molecule has 0 amide bonds. The fourth-order valence-corrected chi connectivity index (χ4v) is 1.66. The Morgan fingerprint density at radius 2 is 1.82 bits per heavy atom. The number of ether oxygens (including phenoxy) is 1. The number of hydrogen-bond acceptors (Lipinski definition) is 7. The highest BCUT2D eigenvalue weighted by Crippen LogP contribution is 2.18. The van der Waals surface area contributed by atoms with E-state index in [0.29, 0.717) is 11.8 Å². The molecule has 0 spiro atoms. The number of nitrogens with one attached hydrogen (secondary N) is 1. The van der Waals surface area contributed by atoms with Crippen molar-refractivity contribution >= 4 is 23.6 Å². The molecule has 116 valence electrons. The van der Waals surface area contributed by atoms with Crippen LogP contribution < -0.4 is 11.1 Å². The molecule has 7 nitrogen and oxygen atoms in total. The van der Waals surface area contributed by atoms with Crippen LogP contribution in [0.2, 0.25) is 0 Å². The number of esters is 1. The molecular formula is C15H19N5O2. The predicted octanol–water partition coefficient (Wildman–Crippen LogP) is 2.46. The maximum atomic E-state index is 11.6. The lowest BCUT2D eigenvalue weighted by atomic mass is 10.2. The first-order valence-corrected chi connectivity index (χ1v) is 6.99. The molecular weight excluding hydrogens is 282 g/mol. The van der Waals surface area contributed by atoms with Crippen LogP contribution in [-0.2, 0) is 9.53 Å². The second-order valence-corrected chi connectivity index (χ2v) is 5.10. The van der Waals surface area contributed by atoms with Crippen LogP contribution in [0, 0.1) is 5.92 Å². The maximum Gasteiger partial charge on any atom is 0.309 e. The number of aromatic nitrogens is 3. The van der Waals surface area contributed by atoms with E-state index in [2.05, 4.69) is 20.3 Å². The summed E-state index contributed by atoms with van der Waals surface area (Å²) < 4.78 is 5.28. The topological polar surface area (TPSA) is 103 Å². The first-order valence-electron chi connectivity index (χ1n) is 6.99. The van der Waals surface area contributed by atoms with Gasteiger partial charge >= 0.3 is 5.97 Å². The van der Waals surface area contributed by atoms with Crippen molar-refractivity contribution < 1.29 is 9.53 Å². The Morgan fingerprint density at radius 1 is 1.14 bits per heavy atom. The summed E-state index contributed by atoms with van der Waals surface area (Å²) in [5.41, 5.74) is 6.52. The van der Waals surface area contributed by atoms with Crippen molar-refractivity contribution in [1.29, 1.82) is 0 Å². The minimum atomic E-state index is -0.600. The van der Waals surface area contributed by atoms with Crippen molar-refractivity contribution in [3.05, 3.63) is 36.2 Å². The summed E-state index contributed by atoms with van der Waals surface area (Å²) in [6.07, 6.45) is -0.600. The van der Waals surface area contributed by atoms with Crippen molar-refractivity contribution in [2.24, 2.45) is 5.92 Å². The van der Waals surface area contributed by atoms with E-state index in [1.807, 2.05) is 30.3 Å². The number of hydrogen-bond donors (Lipinski definition) is 2. The van der Waals surface area contributed by atoms with Gasteiger partial charge in [0.25, 0.3) is 0 Å². The molecule has 0 radical (unpaired) electrons. The van der Waals surface area contributed by atoms with Crippen molar-refractivity contribution in [3.63, 3.8) is 0 Å². The molecule has 2 rings (SSSR count). The number of rotatable bonds is 5. The van der Waals surface area contributed by atoms with Gasteiger partial charge in [0.15, 0.2) is 11.9 Å². The largest absolute Gasteiger partial charge is 0.454 e. The van der Waals surface area contributed by atoms with Gasteiger partial charge in [0, 0.05) is 5.69 Å². The molecule has 0 unspecified atom stereocenters. The standard InChI is InChI=1S/C15H19N5O2/c1-9(2)13(21)22-10(3)12-18-14(16)20-15(19-12)17-11-7-5-4-6-8-11/h4-10H,1-3H3,(H3,16,17,18,19,20)/t10-/m0/s1. The second-order valence-electron chi connectivity index (χ2n) is 5.10. The normalized spacial score (nSPS) is 12.0. The summed E-state index contributed by atoms with van der Waals surface area (Å²) in [7, 11) is 0. The molecule has 1 aromatic carbocycles. The molecule has 3 N–H and O–H groups in total. The monoisotopic (exact) mass is 301 g/mol. The van der Waals surface area contributed by atoms with E-state index in [4.69, 9.17) is 10.5 Å². The number of carbonyl (C=O) groups excluding carboxylic acids is 1. The number of para-hydroxylation sites is 1. The molecule has 0 aliphatic carbocycles. The van der Waals surface area contributed by atoms with Crippen molar-refractivity contribution in [2.75, 3.05) is 11.1 Å². The van der Waals surface area contributed by atoms with Gasteiger partial charge in [-0.1, -0.05) is 32.0 Å². The number of nitrogens with two attached hydrogens (primary N) is 1. The zero-order chi connectivity index (χ0) is 16.1. The zero-order valence-electron chi connectivity index (χ0n) is 12.8. The lowest BCUT2D eigenvalue weighted by Crippen LogP contribution is -2.17. The highest BCUT2D eigenvalue weighted by atomic mass is 16.5. The Hall–Kier alpha value is -2.70. The molecule has 0 aliphatic rings. The van der Waals surface area contributed by atoms with Gasteiger partial charge in [-0.25, -0.2) is 0 Å². The minimum absolute atomic E-state index is 0.0656. The summed E-state index contributed by atoms with van der Waals surface area (Å²) in [6, 6.07) is 9.44.